The molecule has 0 saturated heterocycles. The Hall–Kier alpha value is -1.97. The molecule has 2 N–H and O–H groups in total. The third-order valence-electron chi connectivity index (χ3n) is 4.52. The van der Waals surface area contributed by atoms with Gasteiger partial charge in [-0.3, -0.25) is 4.99 Å². The minimum atomic E-state index is 0. The molecule has 0 bridgehead atoms. The van der Waals surface area contributed by atoms with Crippen LogP contribution >= 0.6 is 24.0 Å². The van der Waals surface area contributed by atoms with E-state index in [4.69, 9.17) is 14.0 Å². The molecule has 1 aliphatic heterocycles. The Kier molecular flexibility index (Phi) is 7.76. The number of hydrogen-bond donors (Lipinski definition) is 2. The van der Waals surface area contributed by atoms with Gasteiger partial charge in [-0.1, -0.05) is 18.1 Å². The summed E-state index contributed by atoms with van der Waals surface area (Å²) in [6.07, 6.45) is 0.872. The zero-order valence-corrected chi connectivity index (χ0v) is 18.5. The monoisotopic (exact) mass is 486 g/mol. The molecule has 7 nitrogen and oxygen atoms in total. The van der Waals surface area contributed by atoms with Gasteiger partial charge in [0.1, 0.15) is 5.76 Å². The number of fused-ring (bicyclic) bond motifs is 1. The second-order valence-corrected chi connectivity index (χ2v) is 6.46. The molecule has 148 valence electrons. The van der Waals surface area contributed by atoms with E-state index in [1.807, 2.05) is 26.0 Å². The van der Waals surface area contributed by atoms with E-state index in [-0.39, 0.29) is 29.9 Å². The Bertz CT molecular complexity index is 772. The lowest BCUT2D eigenvalue weighted by molar-refractivity contribution is 0.174. The molecule has 1 atom stereocenters. The van der Waals surface area contributed by atoms with Gasteiger partial charge in [0.15, 0.2) is 17.5 Å². The van der Waals surface area contributed by atoms with E-state index in [1.54, 1.807) is 7.05 Å². The van der Waals surface area contributed by atoms with Gasteiger partial charge in [0, 0.05) is 31.6 Å². The lowest BCUT2D eigenvalue weighted by atomic mass is 10.00. The third kappa shape index (κ3) is 5.27. The highest BCUT2D eigenvalue weighted by atomic mass is 127. The fourth-order valence-electron chi connectivity index (χ4n) is 3.19. The number of nitrogens with zero attached hydrogens (tertiary/aromatic N) is 2. The molecule has 8 heteroatoms. The average molecular weight is 486 g/mol. The molecule has 27 heavy (non-hydrogen) atoms. The maximum atomic E-state index is 5.42. The highest BCUT2D eigenvalue weighted by Gasteiger charge is 2.17. The SMILES string of the molecule is CN=C(NCCc1ccc2c(c1)OCO2)NCC(C)c1c(C)noc1C.I. The van der Waals surface area contributed by atoms with Crippen LogP contribution in [0.1, 0.15) is 35.4 Å². The second kappa shape index (κ2) is 9.82. The molecule has 1 unspecified atom stereocenters. The molecule has 0 fully saturated rings. The number of halogens is 1. The van der Waals surface area contributed by atoms with Crippen LogP contribution in [-0.2, 0) is 6.42 Å². The van der Waals surface area contributed by atoms with E-state index in [1.165, 1.54) is 5.56 Å². The van der Waals surface area contributed by atoms with Crippen LogP contribution in [0.15, 0.2) is 27.7 Å². The summed E-state index contributed by atoms with van der Waals surface area (Å²) in [5.74, 6) is 3.58. The lowest BCUT2D eigenvalue weighted by Crippen LogP contribution is -2.40. The average Bonchev–Trinajstić information content (AvgIpc) is 3.23. The molecule has 1 aromatic heterocycles. The van der Waals surface area contributed by atoms with Gasteiger partial charge in [-0.05, 0) is 38.0 Å². The molecular weight excluding hydrogens is 459 g/mol. The molecule has 1 aromatic carbocycles. The van der Waals surface area contributed by atoms with E-state index in [0.29, 0.717) is 6.79 Å². The van der Waals surface area contributed by atoms with Crippen LogP contribution in [0.3, 0.4) is 0 Å². The number of aromatic nitrogens is 1. The highest BCUT2D eigenvalue weighted by Crippen LogP contribution is 2.32. The smallest absolute Gasteiger partial charge is 0.231 e. The number of rotatable bonds is 6. The van der Waals surface area contributed by atoms with Crippen molar-refractivity contribution in [2.75, 3.05) is 26.9 Å². The molecule has 1 aliphatic rings. The predicted molar refractivity (Wildman–Crippen MR) is 115 cm³/mol. The molecular formula is C19H27IN4O3. The number of aryl methyl sites for hydroxylation is 2. The van der Waals surface area contributed by atoms with Gasteiger partial charge in [0.2, 0.25) is 6.79 Å². The Morgan fingerprint density at radius 2 is 2.00 bits per heavy atom. The number of guanidine groups is 1. The van der Waals surface area contributed by atoms with Crippen molar-refractivity contribution >= 4 is 29.9 Å². The Labute approximate surface area is 176 Å². The normalized spacial score (nSPS) is 13.9. The minimum Gasteiger partial charge on any atom is -0.454 e. The third-order valence-corrected chi connectivity index (χ3v) is 4.52. The van der Waals surface area contributed by atoms with Crippen molar-refractivity contribution in [3.63, 3.8) is 0 Å². The van der Waals surface area contributed by atoms with Gasteiger partial charge >= 0.3 is 0 Å². The summed E-state index contributed by atoms with van der Waals surface area (Å²) < 4.78 is 16.0. The number of ether oxygens (including phenoxy) is 2. The first kappa shape index (κ1) is 21.3. The zero-order chi connectivity index (χ0) is 18.5. The molecule has 0 spiro atoms. The van der Waals surface area contributed by atoms with Crippen LogP contribution in [0.25, 0.3) is 0 Å². The van der Waals surface area contributed by atoms with Gasteiger partial charge in [0.05, 0.1) is 5.69 Å². The van der Waals surface area contributed by atoms with Crippen LogP contribution in [0.5, 0.6) is 11.5 Å². The van der Waals surface area contributed by atoms with Crippen molar-refractivity contribution in [2.45, 2.75) is 33.1 Å². The predicted octanol–water partition coefficient (Wildman–Crippen LogP) is 3.15. The molecule has 0 saturated carbocycles. The summed E-state index contributed by atoms with van der Waals surface area (Å²) in [6, 6.07) is 6.04. The van der Waals surface area contributed by atoms with Crippen LogP contribution < -0.4 is 20.1 Å². The lowest BCUT2D eigenvalue weighted by Gasteiger charge is -2.16. The standard InChI is InChI=1S/C19H26N4O3.HI/c1-12(18-13(2)23-26-14(18)3)10-22-19(20-4)21-8-7-15-5-6-16-17(9-15)25-11-24-16;/h5-6,9,12H,7-8,10-11H2,1-4H3,(H2,20,21,22);1H. The van der Waals surface area contributed by atoms with E-state index in [9.17, 15) is 0 Å². The summed E-state index contributed by atoms with van der Waals surface area (Å²) in [5.41, 5.74) is 3.30. The van der Waals surface area contributed by atoms with Gasteiger partial charge in [-0.2, -0.15) is 0 Å². The number of hydrogen-bond acceptors (Lipinski definition) is 5. The van der Waals surface area contributed by atoms with Gasteiger partial charge in [-0.15, -0.1) is 24.0 Å². The van der Waals surface area contributed by atoms with Crippen molar-refractivity contribution in [2.24, 2.45) is 4.99 Å². The summed E-state index contributed by atoms with van der Waals surface area (Å²) >= 11 is 0. The fourth-order valence-corrected chi connectivity index (χ4v) is 3.19. The van der Waals surface area contributed by atoms with Crippen LogP contribution in [-0.4, -0.2) is 38.0 Å². The Morgan fingerprint density at radius 1 is 1.22 bits per heavy atom. The van der Waals surface area contributed by atoms with Gasteiger partial charge in [-0.25, -0.2) is 0 Å². The maximum Gasteiger partial charge on any atom is 0.231 e. The van der Waals surface area contributed by atoms with E-state index in [0.717, 1.165) is 54.0 Å². The fraction of sp³-hybridized carbons (Fsp3) is 0.474. The first-order valence-electron chi connectivity index (χ1n) is 8.84. The van der Waals surface area contributed by atoms with Crippen molar-refractivity contribution < 1.29 is 14.0 Å². The van der Waals surface area contributed by atoms with Crippen molar-refractivity contribution in [1.29, 1.82) is 0 Å². The first-order chi connectivity index (χ1) is 12.6. The van der Waals surface area contributed by atoms with Crippen molar-refractivity contribution in [1.82, 2.24) is 15.8 Å². The van der Waals surface area contributed by atoms with Gasteiger partial charge < -0.3 is 24.6 Å². The summed E-state index contributed by atoms with van der Waals surface area (Å²) in [5, 5.41) is 10.7. The van der Waals surface area contributed by atoms with Crippen LogP contribution in [0.4, 0.5) is 0 Å². The zero-order valence-electron chi connectivity index (χ0n) is 16.2. The molecule has 0 aliphatic carbocycles. The Balaban J connectivity index is 0.00000261. The maximum absolute atomic E-state index is 5.42. The minimum absolute atomic E-state index is 0. The molecule has 2 heterocycles. The van der Waals surface area contributed by atoms with Crippen molar-refractivity contribution in [3.05, 3.63) is 40.8 Å². The molecule has 2 aromatic rings. The van der Waals surface area contributed by atoms with Crippen LogP contribution in [0, 0.1) is 13.8 Å². The van der Waals surface area contributed by atoms with Crippen molar-refractivity contribution in [3.8, 4) is 11.5 Å². The number of nitrogens with one attached hydrogen (secondary N) is 2. The Morgan fingerprint density at radius 3 is 2.70 bits per heavy atom. The number of benzene rings is 1. The van der Waals surface area contributed by atoms with E-state index >= 15 is 0 Å². The van der Waals surface area contributed by atoms with Gasteiger partial charge in [0.25, 0.3) is 0 Å². The summed E-state index contributed by atoms with van der Waals surface area (Å²) in [7, 11) is 1.77. The molecule has 0 radical (unpaired) electrons. The molecule has 0 amide bonds. The van der Waals surface area contributed by atoms with Crippen LogP contribution in [0.2, 0.25) is 0 Å². The second-order valence-electron chi connectivity index (χ2n) is 6.46. The number of aliphatic imine (C=N–C) groups is 1. The largest absolute Gasteiger partial charge is 0.454 e. The van der Waals surface area contributed by atoms with E-state index in [2.05, 4.69) is 33.8 Å². The quantitative estimate of drug-likeness (QED) is 0.371. The first-order valence-corrected chi connectivity index (χ1v) is 8.84. The van der Waals surface area contributed by atoms with E-state index < -0.39 is 0 Å². The summed E-state index contributed by atoms with van der Waals surface area (Å²) in [6.45, 7) is 7.91. The highest BCUT2D eigenvalue weighted by molar-refractivity contribution is 14.0. The topological polar surface area (TPSA) is 80.9 Å². The molecule has 3 rings (SSSR count). The summed E-state index contributed by atoms with van der Waals surface area (Å²) in [4.78, 5) is 4.29.